The molecule has 0 aromatic heterocycles. The average molecular weight is 312 g/mol. The number of nitrogens with zero attached hydrogens (tertiary/aromatic N) is 1. The van der Waals surface area contributed by atoms with Crippen LogP contribution in [0, 0.1) is 13.8 Å². The van der Waals surface area contributed by atoms with Gasteiger partial charge in [0.1, 0.15) is 0 Å². The number of anilines is 2. The summed E-state index contributed by atoms with van der Waals surface area (Å²) in [7, 11) is 0. The fourth-order valence-corrected chi connectivity index (χ4v) is 3.24. The molecule has 22 heavy (non-hydrogen) atoms. The van der Waals surface area contributed by atoms with E-state index in [0.717, 1.165) is 28.6 Å². The second-order valence-corrected chi connectivity index (χ2v) is 6.29. The van der Waals surface area contributed by atoms with Crippen molar-refractivity contribution >= 4 is 34.3 Å². The van der Waals surface area contributed by atoms with E-state index in [0.29, 0.717) is 5.69 Å². The van der Waals surface area contributed by atoms with Crippen LogP contribution in [-0.2, 0) is 4.79 Å². The lowest BCUT2D eigenvalue weighted by Crippen LogP contribution is -2.34. The van der Waals surface area contributed by atoms with Crippen LogP contribution in [0.25, 0.3) is 0 Å². The van der Waals surface area contributed by atoms with Crippen LogP contribution in [0.15, 0.2) is 48.5 Å². The first-order valence-electron chi connectivity index (χ1n) is 6.99. The Bertz CT molecular complexity index is 731. The Balaban J connectivity index is 1.84. The molecule has 0 aliphatic carbocycles. The predicted octanol–water partition coefficient (Wildman–Crippen LogP) is 3.94. The Morgan fingerprint density at radius 3 is 2.50 bits per heavy atom. The first kappa shape index (κ1) is 14.7. The van der Waals surface area contributed by atoms with Crippen molar-refractivity contribution in [2.24, 2.45) is 0 Å². The maximum absolute atomic E-state index is 12.5. The average Bonchev–Trinajstić information content (AvgIpc) is 2.78. The molecule has 5 heteroatoms. The lowest BCUT2D eigenvalue weighted by atomic mass is 10.1. The molecule has 112 valence electrons. The van der Waals surface area contributed by atoms with Gasteiger partial charge >= 0.3 is 0 Å². The highest BCUT2D eigenvalue weighted by atomic mass is 32.2. The molecule has 1 N–H and O–H groups in total. The highest BCUT2D eigenvalue weighted by Gasteiger charge is 2.40. The largest absolute Gasteiger partial charge is 0.365 e. The van der Waals surface area contributed by atoms with Crippen LogP contribution >= 0.6 is 11.8 Å². The van der Waals surface area contributed by atoms with Gasteiger partial charge in [0.15, 0.2) is 5.37 Å². The van der Waals surface area contributed by atoms with Crippen LogP contribution < -0.4 is 10.2 Å². The third-order valence-corrected chi connectivity index (χ3v) is 4.48. The quantitative estimate of drug-likeness (QED) is 0.932. The Kier molecular flexibility index (Phi) is 3.90. The SMILES string of the molecule is Cc1ccc(C)c(N[C@@H]2SC(=O)N(c3ccccc3)C2=O)c1. The fourth-order valence-electron chi connectivity index (χ4n) is 2.34. The lowest BCUT2D eigenvalue weighted by Gasteiger charge is -2.16. The second-order valence-electron chi connectivity index (χ2n) is 5.24. The van der Waals surface area contributed by atoms with Crippen molar-refractivity contribution in [1.82, 2.24) is 0 Å². The van der Waals surface area contributed by atoms with Crippen LogP contribution in [0.2, 0.25) is 0 Å². The first-order chi connectivity index (χ1) is 10.6. The fraction of sp³-hybridized carbons (Fsp3) is 0.176. The minimum absolute atomic E-state index is 0.234. The van der Waals surface area contributed by atoms with E-state index in [4.69, 9.17) is 0 Å². The number of imide groups is 1. The molecule has 1 aliphatic heterocycles. The number of para-hydroxylation sites is 1. The Labute approximate surface area is 133 Å². The van der Waals surface area contributed by atoms with Crippen LogP contribution in [0.3, 0.4) is 0 Å². The van der Waals surface area contributed by atoms with Gasteiger partial charge in [-0.05, 0) is 54.9 Å². The number of amides is 2. The molecule has 1 fully saturated rings. The van der Waals surface area contributed by atoms with Crippen molar-refractivity contribution in [1.29, 1.82) is 0 Å². The van der Waals surface area contributed by atoms with Gasteiger partial charge in [0.2, 0.25) is 0 Å². The van der Waals surface area contributed by atoms with Gasteiger partial charge in [-0.1, -0.05) is 30.3 Å². The van der Waals surface area contributed by atoms with E-state index < -0.39 is 5.37 Å². The van der Waals surface area contributed by atoms with Crippen LogP contribution in [-0.4, -0.2) is 16.5 Å². The smallest absolute Gasteiger partial charge is 0.295 e. The summed E-state index contributed by atoms with van der Waals surface area (Å²) in [5.74, 6) is -0.234. The van der Waals surface area contributed by atoms with Crippen LogP contribution in [0.5, 0.6) is 0 Å². The van der Waals surface area contributed by atoms with E-state index in [-0.39, 0.29) is 11.1 Å². The number of rotatable bonds is 3. The minimum atomic E-state index is -0.590. The van der Waals surface area contributed by atoms with Gasteiger partial charge in [-0.25, -0.2) is 4.90 Å². The Morgan fingerprint density at radius 2 is 1.77 bits per heavy atom. The summed E-state index contributed by atoms with van der Waals surface area (Å²) in [5.41, 5.74) is 3.64. The standard InChI is InChI=1S/C17H16N2O2S/c1-11-8-9-12(2)14(10-11)18-15-16(20)19(17(21)22-15)13-6-4-3-5-7-13/h3-10,15,18H,1-2H3/t15-/m1/s1. The number of carbonyl (C=O) groups excluding carboxylic acids is 2. The van der Waals surface area contributed by atoms with Gasteiger partial charge in [0, 0.05) is 5.69 Å². The lowest BCUT2D eigenvalue weighted by molar-refractivity contribution is -0.116. The summed E-state index contributed by atoms with van der Waals surface area (Å²) in [6.07, 6.45) is 0. The number of hydrogen-bond donors (Lipinski definition) is 1. The Morgan fingerprint density at radius 1 is 1.05 bits per heavy atom. The highest BCUT2D eigenvalue weighted by molar-refractivity contribution is 8.16. The number of hydrogen-bond acceptors (Lipinski definition) is 4. The number of nitrogens with one attached hydrogen (secondary N) is 1. The van der Waals surface area contributed by atoms with E-state index in [2.05, 4.69) is 5.32 Å². The van der Waals surface area contributed by atoms with Gasteiger partial charge in [-0.2, -0.15) is 0 Å². The van der Waals surface area contributed by atoms with Crippen molar-refractivity contribution in [2.75, 3.05) is 10.2 Å². The molecule has 1 heterocycles. The van der Waals surface area contributed by atoms with E-state index in [1.54, 1.807) is 12.1 Å². The van der Waals surface area contributed by atoms with Gasteiger partial charge in [-0.15, -0.1) is 0 Å². The summed E-state index contributed by atoms with van der Waals surface area (Å²) < 4.78 is 0. The Hall–Kier alpha value is -2.27. The van der Waals surface area contributed by atoms with E-state index in [9.17, 15) is 9.59 Å². The number of aryl methyl sites for hydroxylation is 2. The number of benzene rings is 2. The number of carbonyl (C=O) groups is 2. The summed E-state index contributed by atoms with van der Waals surface area (Å²) >= 11 is 1.01. The van der Waals surface area contributed by atoms with Crippen molar-refractivity contribution in [3.05, 3.63) is 59.7 Å². The van der Waals surface area contributed by atoms with Crippen LogP contribution in [0.1, 0.15) is 11.1 Å². The molecule has 3 rings (SSSR count). The molecule has 0 radical (unpaired) electrons. The zero-order valence-electron chi connectivity index (χ0n) is 12.4. The summed E-state index contributed by atoms with van der Waals surface area (Å²) in [4.78, 5) is 25.9. The van der Waals surface area contributed by atoms with Crippen molar-refractivity contribution in [2.45, 2.75) is 19.2 Å². The minimum Gasteiger partial charge on any atom is -0.365 e. The summed E-state index contributed by atoms with van der Waals surface area (Å²) in [5, 5.41) is 2.34. The molecule has 4 nitrogen and oxygen atoms in total. The van der Waals surface area contributed by atoms with Gasteiger partial charge < -0.3 is 5.32 Å². The molecule has 2 aromatic carbocycles. The van der Waals surface area contributed by atoms with E-state index >= 15 is 0 Å². The van der Waals surface area contributed by atoms with E-state index in [1.165, 1.54) is 4.90 Å². The topological polar surface area (TPSA) is 49.4 Å². The van der Waals surface area contributed by atoms with Gasteiger partial charge in [0.25, 0.3) is 11.1 Å². The molecule has 2 amide bonds. The third-order valence-electron chi connectivity index (χ3n) is 3.54. The molecule has 0 bridgehead atoms. The van der Waals surface area contributed by atoms with Gasteiger partial charge in [-0.3, -0.25) is 9.59 Å². The van der Waals surface area contributed by atoms with E-state index in [1.807, 2.05) is 50.2 Å². The van der Waals surface area contributed by atoms with Crippen molar-refractivity contribution in [3.8, 4) is 0 Å². The third kappa shape index (κ3) is 2.72. The zero-order chi connectivity index (χ0) is 15.7. The molecule has 2 aromatic rings. The molecule has 1 saturated heterocycles. The predicted molar refractivity (Wildman–Crippen MR) is 90.2 cm³/mol. The maximum Gasteiger partial charge on any atom is 0.295 e. The van der Waals surface area contributed by atoms with Crippen molar-refractivity contribution in [3.63, 3.8) is 0 Å². The van der Waals surface area contributed by atoms with Crippen LogP contribution in [0.4, 0.5) is 16.2 Å². The molecular formula is C17H16N2O2S. The zero-order valence-corrected chi connectivity index (χ0v) is 13.2. The number of thioether (sulfide) groups is 1. The molecule has 1 atom stereocenters. The highest BCUT2D eigenvalue weighted by Crippen LogP contribution is 2.33. The monoisotopic (exact) mass is 312 g/mol. The molecule has 0 saturated carbocycles. The molecule has 1 aliphatic rings. The second kappa shape index (κ2) is 5.85. The van der Waals surface area contributed by atoms with Gasteiger partial charge in [0.05, 0.1) is 5.69 Å². The molecule has 0 unspecified atom stereocenters. The maximum atomic E-state index is 12.5. The van der Waals surface area contributed by atoms with Crippen molar-refractivity contribution < 1.29 is 9.59 Å². The normalized spacial score (nSPS) is 17.9. The summed E-state index contributed by atoms with van der Waals surface area (Å²) in [6.45, 7) is 3.97. The molecular weight excluding hydrogens is 296 g/mol. The molecule has 0 spiro atoms. The summed E-state index contributed by atoms with van der Waals surface area (Å²) in [6, 6.07) is 15.0. The first-order valence-corrected chi connectivity index (χ1v) is 7.87.